The van der Waals surface area contributed by atoms with Crippen molar-refractivity contribution in [2.24, 2.45) is 0 Å². The number of ether oxygens (including phenoxy) is 2. The Hall–Kier alpha value is -3.41. The molecular weight excluding hydrogens is 370 g/mol. The molecule has 29 heavy (non-hydrogen) atoms. The van der Waals surface area contributed by atoms with Crippen LogP contribution in [0.3, 0.4) is 0 Å². The Morgan fingerprint density at radius 3 is 2.41 bits per heavy atom. The van der Waals surface area contributed by atoms with E-state index in [2.05, 4.69) is 0 Å². The molecule has 1 heterocycles. The first kappa shape index (κ1) is 20.3. The van der Waals surface area contributed by atoms with Crippen LogP contribution < -0.4 is 9.64 Å². The van der Waals surface area contributed by atoms with Gasteiger partial charge in [0.15, 0.2) is 12.4 Å². The molecule has 1 amide bonds. The predicted octanol–water partition coefficient (Wildman–Crippen LogP) is 3.65. The molecule has 0 saturated carbocycles. The highest BCUT2D eigenvalue weighted by atomic mass is 16.5. The molecule has 2 aromatic rings. The maximum absolute atomic E-state index is 12.2. The van der Waals surface area contributed by atoms with Crippen molar-refractivity contribution < 1.29 is 23.9 Å². The Morgan fingerprint density at radius 1 is 1.07 bits per heavy atom. The van der Waals surface area contributed by atoms with Crippen molar-refractivity contribution in [2.75, 3.05) is 24.7 Å². The highest BCUT2D eigenvalue weighted by Crippen LogP contribution is 2.21. The number of Topliss-reactive ketones (excluding diaryl/α,β-unsaturated/α-hetero) is 1. The number of benzene rings is 2. The van der Waals surface area contributed by atoms with E-state index in [-0.39, 0.29) is 18.3 Å². The van der Waals surface area contributed by atoms with E-state index in [1.807, 2.05) is 31.2 Å². The van der Waals surface area contributed by atoms with Gasteiger partial charge in [0, 0.05) is 30.3 Å². The number of carbonyl (C=O) groups is 3. The van der Waals surface area contributed by atoms with Crippen molar-refractivity contribution in [3.8, 4) is 5.75 Å². The van der Waals surface area contributed by atoms with E-state index in [1.165, 1.54) is 6.08 Å². The number of rotatable bonds is 8. The van der Waals surface area contributed by atoms with E-state index in [1.54, 1.807) is 35.2 Å². The number of carbonyl (C=O) groups excluding carboxylic acids is 3. The normalized spacial score (nSPS) is 13.7. The standard InChI is InChI=1S/C23H23NO5/c1-2-28-20-12-5-17(6-13-20)7-14-23(27)29-16-21(25)18-8-10-19(11-9-18)24-15-3-4-22(24)26/h5-14H,2-4,15-16H2,1H3/b14-7+. The summed E-state index contributed by atoms with van der Waals surface area (Å²) in [4.78, 5) is 37.6. The average molecular weight is 393 g/mol. The number of ketones is 1. The third kappa shape index (κ3) is 5.54. The fourth-order valence-electron chi connectivity index (χ4n) is 3.02. The number of hydrogen-bond donors (Lipinski definition) is 0. The summed E-state index contributed by atoms with van der Waals surface area (Å²) in [5, 5.41) is 0. The molecule has 1 saturated heterocycles. The Bertz CT molecular complexity index is 900. The van der Waals surface area contributed by atoms with Gasteiger partial charge in [-0.3, -0.25) is 9.59 Å². The predicted molar refractivity (Wildman–Crippen MR) is 110 cm³/mol. The van der Waals surface area contributed by atoms with Crippen LogP contribution in [0.1, 0.15) is 35.7 Å². The lowest BCUT2D eigenvalue weighted by molar-refractivity contribution is -0.136. The fraction of sp³-hybridized carbons (Fsp3) is 0.261. The Labute approximate surface area is 169 Å². The molecule has 6 nitrogen and oxygen atoms in total. The van der Waals surface area contributed by atoms with Gasteiger partial charge in [-0.1, -0.05) is 12.1 Å². The summed E-state index contributed by atoms with van der Waals surface area (Å²) in [6.45, 7) is 2.86. The summed E-state index contributed by atoms with van der Waals surface area (Å²) < 4.78 is 10.4. The van der Waals surface area contributed by atoms with Crippen LogP contribution in [0.4, 0.5) is 5.69 Å². The number of hydrogen-bond acceptors (Lipinski definition) is 5. The van der Waals surface area contributed by atoms with Crippen LogP contribution in [-0.4, -0.2) is 37.4 Å². The first-order chi connectivity index (χ1) is 14.1. The molecule has 1 aliphatic heterocycles. The van der Waals surface area contributed by atoms with Crippen LogP contribution in [-0.2, 0) is 14.3 Å². The minimum atomic E-state index is -0.591. The molecule has 150 valence electrons. The molecule has 0 N–H and O–H groups in total. The zero-order valence-electron chi connectivity index (χ0n) is 16.3. The molecular formula is C23H23NO5. The van der Waals surface area contributed by atoms with E-state index in [4.69, 9.17) is 9.47 Å². The molecule has 3 rings (SSSR count). The first-order valence-corrected chi connectivity index (χ1v) is 9.58. The molecule has 2 aromatic carbocycles. The molecule has 0 bridgehead atoms. The molecule has 0 unspecified atom stereocenters. The quantitative estimate of drug-likeness (QED) is 0.389. The minimum Gasteiger partial charge on any atom is -0.494 e. The number of amides is 1. The molecule has 1 fully saturated rings. The maximum Gasteiger partial charge on any atom is 0.331 e. The second kappa shape index (κ2) is 9.68. The molecule has 6 heteroatoms. The van der Waals surface area contributed by atoms with Crippen LogP contribution in [0.15, 0.2) is 54.6 Å². The van der Waals surface area contributed by atoms with E-state index in [0.29, 0.717) is 25.1 Å². The third-order valence-electron chi connectivity index (χ3n) is 4.52. The SMILES string of the molecule is CCOc1ccc(/C=C/C(=O)OCC(=O)c2ccc(N3CCCC3=O)cc2)cc1. The van der Waals surface area contributed by atoms with E-state index in [0.717, 1.165) is 23.4 Å². The summed E-state index contributed by atoms with van der Waals surface area (Å²) >= 11 is 0. The van der Waals surface area contributed by atoms with E-state index in [9.17, 15) is 14.4 Å². The zero-order valence-corrected chi connectivity index (χ0v) is 16.3. The lowest BCUT2D eigenvalue weighted by Gasteiger charge is -2.15. The second-order valence-corrected chi connectivity index (χ2v) is 6.56. The van der Waals surface area contributed by atoms with Crippen molar-refractivity contribution in [3.63, 3.8) is 0 Å². The lowest BCUT2D eigenvalue weighted by Crippen LogP contribution is -2.23. The smallest absolute Gasteiger partial charge is 0.331 e. The second-order valence-electron chi connectivity index (χ2n) is 6.56. The summed E-state index contributed by atoms with van der Waals surface area (Å²) in [5.41, 5.74) is 2.03. The van der Waals surface area contributed by atoms with Gasteiger partial charge in [0.1, 0.15) is 5.75 Å². The average Bonchev–Trinajstić information content (AvgIpc) is 3.17. The molecule has 0 aliphatic carbocycles. The number of esters is 1. The number of anilines is 1. The van der Waals surface area contributed by atoms with Crippen LogP contribution >= 0.6 is 0 Å². The third-order valence-corrected chi connectivity index (χ3v) is 4.52. The summed E-state index contributed by atoms with van der Waals surface area (Å²) in [6, 6.07) is 14.1. The van der Waals surface area contributed by atoms with Gasteiger partial charge in [-0.05, 0) is 61.4 Å². The van der Waals surface area contributed by atoms with Gasteiger partial charge in [-0.25, -0.2) is 4.79 Å². The van der Waals surface area contributed by atoms with Crippen molar-refractivity contribution in [2.45, 2.75) is 19.8 Å². The largest absolute Gasteiger partial charge is 0.494 e. The van der Waals surface area contributed by atoms with Crippen molar-refractivity contribution >= 4 is 29.4 Å². The summed E-state index contributed by atoms with van der Waals surface area (Å²) in [7, 11) is 0. The molecule has 1 aliphatic rings. The van der Waals surface area contributed by atoms with E-state index < -0.39 is 5.97 Å². The van der Waals surface area contributed by atoms with Gasteiger partial charge in [0.2, 0.25) is 5.91 Å². The monoisotopic (exact) mass is 393 g/mol. The fourth-order valence-corrected chi connectivity index (χ4v) is 3.02. The topological polar surface area (TPSA) is 72.9 Å². The maximum atomic E-state index is 12.2. The van der Waals surface area contributed by atoms with Crippen LogP contribution in [0.5, 0.6) is 5.75 Å². The van der Waals surface area contributed by atoms with Crippen LogP contribution in [0.2, 0.25) is 0 Å². The Kier molecular flexibility index (Phi) is 6.79. The molecule has 0 radical (unpaired) electrons. The Balaban J connectivity index is 1.49. The first-order valence-electron chi connectivity index (χ1n) is 9.58. The van der Waals surface area contributed by atoms with Crippen molar-refractivity contribution in [1.82, 2.24) is 0 Å². The lowest BCUT2D eigenvalue weighted by atomic mass is 10.1. The van der Waals surface area contributed by atoms with Crippen molar-refractivity contribution in [1.29, 1.82) is 0 Å². The molecule has 0 spiro atoms. The highest BCUT2D eigenvalue weighted by Gasteiger charge is 2.21. The van der Waals surface area contributed by atoms with Crippen molar-refractivity contribution in [3.05, 3.63) is 65.7 Å². The summed E-state index contributed by atoms with van der Waals surface area (Å²) in [5.74, 6) is -0.0334. The highest BCUT2D eigenvalue weighted by molar-refractivity contribution is 6.00. The zero-order chi connectivity index (χ0) is 20.6. The molecule has 0 atom stereocenters. The van der Waals surface area contributed by atoms with Gasteiger partial charge in [0.05, 0.1) is 6.61 Å². The van der Waals surface area contributed by atoms with Gasteiger partial charge in [-0.15, -0.1) is 0 Å². The molecule has 0 aromatic heterocycles. The van der Waals surface area contributed by atoms with Gasteiger partial charge in [0.25, 0.3) is 0 Å². The van der Waals surface area contributed by atoms with Gasteiger partial charge >= 0.3 is 5.97 Å². The Morgan fingerprint density at radius 2 is 1.79 bits per heavy atom. The minimum absolute atomic E-state index is 0.0947. The summed E-state index contributed by atoms with van der Waals surface area (Å²) in [6.07, 6.45) is 4.30. The van der Waals surface area contributed by atoms with Gasteiger partial charge in [-0.2, -0.15) is 0 Å². The van der Waals surface area contributed by atoms with Crippen LogP contribution in [0.25, 0.3) is 6.08 Å². The van der Waals surface area contributed by atoms with Gasteiger partial charge < -0.3 is 14.4 Å². The number of nitrogens with zero attached hydrogens (tertiary/aromatic N) is 1. The van der Waals surface area contributed by atoms with E-state index >= 15 is 0 Å². The van der Waals surface area contributed by atoms with Crippen LogP contribution in [0, 0.1) is 0 Å².